The maximum absolute atomic E-state index is 5.40. The van der Waals surface area contributed by atoms with Crippen molar-refractivity contribution in [3.8, 4) is 0 Å². The van der Waals surface area contributed by atoms with Gasteiger partial charge in [-0.3, -0.25) is 5.32 Å². The summed E-state index contributed by atoms with van der Waals surface area (Å²) in [5, 5.41) is 3.30. The van der Waals surface area contributed by atoms with E-state index in [1.54, 1.807) is 0 Å². The van der Waals surface area contributed by atoms with Crippen molar-refractivity contribution in [1.82, 2.24) is 5.32 Å². The predicted molar refractivity (Wildman–Crippen MR) is 45.4 cm³/mol. The molecule has 0 amide bonds. The summed E-state index contributed by atoms with van der Waals surface area (Å²) >= 11 is 3.55. The summed E-state index contributed by atoms with van der Waals surface area (Å²) < 4.78 is 5.40. The quantitative estimate of drug-likeness (QED) is 0.694. The summed E-state index contributed by atoms with van der Waals surface area (Å²) in [6.07, 6.45) is 2.65. The van der Waals surface area contributed by atoms with Crippen LogP contribution in [0, 0.1) is 0 Å². The van der Waals surface area contributed by atoms with E-state index in [0.717, 1.165) is 19.6 Å². The molecule has 0 aromatic carbocycles. The Hall–Kier alpha value is 0.400. The van der Waals surface area contributed by atoms with E-state index in [1.807, 2.05) is 6.92 Å². The Kier molecular flexibility index (Phi) is 3.66. The van der Waals surface area contributed by atoms with Crippen LogP contribution in [0.2, 0.25) is 0 Å². The molecule has 0 radical (unpaired) electrons. The molecule has 1 aliphatic rings. The SMILES string of the molecule is CCOC1CCC(Br)CN1. The third-order valence-electron chi connectivity index (χ3n) is 1.68. The molecule has 10 heavy (non-hydrogen) atoms. The Morgan fingerprint density at radius 3 is 2.90 bits per heavy atom. The first-order valence-electron chi connectivity index (χ1n) is 3.82. The van der Waals surface area contributed by atoms with Crippen LogP contribution in [0.25, 0.3) is 0 Å². The van der Waals surface area contributed by atoms with Gasteiger partial charge in [-0.05, 0) is 19.8 Å². The third kappa shape index (κ3) is 2.56. The number of halogens is 1. The minimum Gasteiger partial charge on any atom is -0.364 e. The van der Waals surface area contributed by atoms with Crippen LogP contribution >= 0.6 is 15.9 Å². The number of nitrogens with one attached hydrogen (secondary N) is 1. The molecule has 1 N–H and O–H groups in total. The summed E-state index contributed by atoms with van der Waals surface area (Å²) in [4.78, 5) is 0.643. The normalized spacial score (nSPS) is 34.2. The molecule has 1 fully saturated rings. The molecule has 60 valence electrons. The first-order chi connectivity index (χ1) is 4.83. The van der Waals surface area contributed by atoms with Gasteiger partial charge in [0.15, 0.2) is 0 Å². The third-order valence-corrected chi connectivity index (χ3v) is 2.46. The molecule has 1 heterocycles. The van der Waals surface area contributed by atoms with E-state index in [0.29, 0.717) is 11.1 Å². The summed E-state index contributed by atoms with van der Waals surface area (Å²) in [5.74, 6) is 0. The van der Waals surface area contributed by atoms with Gasteiger partial charge in [0.25, 0.3) is 0 Å². The fourth-order valence-corrected chi connectivity index (χ4v) is 1.59. The number of ether oxygens (including phenoxy) is 1. The van der Waals surface area contributed by atoms with Crippen LogP contribution in [0.5, 0.6) is 0 Å². The van der Waals surface area contributed by atoms with Crippen LogP contribution in [0.3, 0.4) is 0 Å². The van der Waals surface area contributed by atoms with Gasteiger partial charge >= 0.3 is 0 Å². The lowest BCUT2D eigenvalue weighted by Gasteiger charge is -2.26. The molecule has 1 rings (SSSR count). The lowest BCUT2D eigenvalue weighted by Crippen LogP contribution is -2.40. The van der Waals surface area contributed by atoms with Gasteiger partial charge in [0.05, 0.1) is 0 Å². The van der Waals surface area contributed by atoms with Gasteiger partial charge in [-0.15, -0.1) is 0 Å². The topological polar surface area (TPSA) is 21.3 Å². The number of piperidine rings is 1. The van der Waals surface area contributed by atoms with Crippen molar-refractivity contribution >= 4 is 15.9 Å². The fraction of sp³-hybridized carbons (Fsp3) is 1.00. The smallest absolute Gasteiger partial charge is 0.108 e. The van der Waals surface area contributed by atoms with Crippen LogP contribution in [0.1, 0.15) is 19.8 Å². The first-order valence-corrected chi connectivity index (χ1v) is 4.73. The Labute approximate surface area is 70.5 Å². The van der Waals surface area contributed by atoms with Crippen LogP contribution in [0.15, 0.2) is 0 Å². The van der Waals surface area contributed by atoms with Gasteiger partial charge in [-0.1, -0.05) is 15.9 Å². The Morgan fingerprint density at radius 2 is 2.40 bits per heavy atom. The fourth-order valence-electron chi connectivity index (χ4n) is 1.14. The van der Waals surface area contributed by atoms with E-state index >= 15 is 0 Å². The van der Waals surface area contributed by atoms with Gasteiger partial charge in [0.1, 0.15) is 6.23 Å². The standard InChI is InChI=1S/C7H14BrNO/c1-2-10-7-4-3-6(8)5-9-7/h6-7,9H,2-5H2,1H3. The van der Waals surface area contributed by atoms with Crippen LogP contribution < -0.4 is 5.32 Å². The van der Waals surface area contributed by atoms with Gasteiger partial charge in [0, 0.05) is 18.0 Å². The molecular weight excluding hydrogens is 194 g/mol. The van der Waals surface area contributed by atoms with Crippen molar-refractivity contribution in [2.45, 2.75) is 30.8 Å². The van der Waals surface area contributed by atoms with E-state index in [1.165, 1.54) is 6.42 Å². The molecule has 1 aliphatic heterocycles. The second kappa shape index (κ2) is 4.31. The van der Waals surface area contributed by atoms with Crippen LogP contribution in [-0.4, -0.2) is 24.2 Å². The maximum Gasteiger partial charge on any atom is 0.108 e. The Morgan fingerprint density at radius 1 is 1.60 bits per heavy atom. The molecule has 3 heteroatoms. The molecular formula is C7H14BrNO. The van der Waals surface area contributed by atoms with Crippen molar-refractivity contribution in [3.63, 3.8) is 0 Å². The second-order valence-electron chi connectivity index (χ2n) is 2.53. The van der Waals surface area contributed by atoms with Crippen molar-refractivity contribution in [2.24, 2.45) is 0 Å². The largest absolute Gasteiger partial charge is 0.364 e. The first kappa shape index (κ1) is 8.50. The highest BCUT2D eigenvalue weighted by Gasteiger charge is 2.17. The summed E-state index contributed by atoms with van der Waals surface area (Å²) in [6, 6.07) is 0. The minimum absolute atomic E-state index is 0.304. The highest BCUT2D eigenvalue weighted by atomic mass is 79.9. The van der Waals surface area contributed by atoms with E-state index in [-0.39, 0.29) is 0 Å². The second-order valence-corrected chi connectivity index (χ2v) is 3.82. The van der Waals surface area contributed by atoms with Gasteiger partial charge in [0.2, 0.25) is 0 Å². The van der Waals surface area contributed by atoms with Crippen LogP contribution in [0.4, 0.5) is 0 Å². The minimum atomic E-state index is 0.304. The average molecular weight is 208 g/mol. The van der Waals surface area contributed by atoms with Gasteiger partial charge < -0.3 is 4.74 Å². The molecule has 1 saturated heterocycles. The van der Waals surface area contributed by atoms with E-state index in [9.17, 15) is 0 Å². The van der Waals surface area contributed by atoms with Gasteiger partial charge in [-0.25, -0.2) is 0 Å². The molecule has 0 bridgehead atoms. The molecule has 0 saturated carbocycles. The molecule has 2 nitrogen and oxygen atoms in total. The van der Waals surface area contributed by atoms with Crippen LogP contribution in [-0.2, 0) is 4.74 Å². The van der Waals surface area contributed by atoms with Crippen molar-refractivity contribution in [1.29, 1.82) is 0 Å². The average Bonchev–Trinajstić information content (AvgIpc) is 1.95. The summed E-state index contributed by atoms with van der Waals surface area (Å²) in [7, 11) is 0. The molecule has 2 unspecified atom stereocenters. The molecule has 2 atom stereocenters. The summed E-state index contributed by atoms with van der Waals surface area (Å²) in [6.45, 7) is 3.87. The highest BCUT2D eigenvalue weighted by Crippen LogP contribution is 2.14. The van der Waals surface area contributed by atoms with E-state index in [4.69, 9.17) is 4.74 Å². The predicted octanol–water partition coefficient (Wildman–Crippen LogP) is 1.50. The monoisotopic (exact) mass is 207 g/mol. The lowest BCUT2D eigenvalue weighted by atomic mass is 10.1. The van der Waals surface area contributed by atoms with Crippen molar-refractivity contribution < 1.29 is 4.74 Å². The lowest BCUT2D eigenvalue weighted by molar-refractivity contribution is 0.0217. The zero-order valence-corrected chi connectivity index (χ0v) is 7.86. The van der Waals surface area contributed by atoms with E-state index in [2.05, 4.69) is 21.2 Å². The number of hydrogen-bond donors (Lipinski definition) is 1. The molecule has 0 aromatic heterocycles. The zero-order chi connectivity index (χ0) is 7.40. The molecule has 0 spiro atoms. The van der Waals surface area contributed by atoms with Crippen molar-refractivity contribution in [3.05, 3.63) is 0 Å². The van der Waals surface area contributed by atoms with Gasteiger partial charge in [-0.2, -0.15) is 0 Å². The van der Waals surface area contributed by atoms with E-state index < -0.39 is 0 Å². The zero-order valence-electron chi connectivity index (χ0n) is 6.27. The number of alkyl halides is 1. The molecule has 0 aliphatic carbocycles. The summed E-state index contributed by atoms with van der Waals surface area (Å²) in [5.41, 5.74) is 0. The number of hydrogen-bond acceptors (Lipinski definition) is 2. The van der Waals surface area contributed by atoms with Crippen molar-refractivity contribution in [2.75, 3.05) is 13.2 Å². The maximum atomic E-state index is 5.40. The highest BCUT2D eigenvalue weighted by molar-refractivity contribution is 9.09. The molecule has 0 aromatic rings. The Balaban J connectivity index is 2.13. The number of rotatable bonds is 2. The Bertz CT molecular complexity index is 91.6.